The fourth-order valence-electron chi connectivity index (χ4n) is 5.11. The topological polar surface area (TPSA) is 76.7 Å². The highest BCUT2D eigenvalue weighted by atomic mass is 16.2. The first-order valence-electron chi connectivity index (χ1n) is 10.4. The molecule has 7 nitrogen and oxygen atoms in total. The van der Waals surface area contributed by atoms with Gasteiger partial charge in [0.25, 0.3) is 0 Å². The van der Waals surface area contributed by atoms with Crippen molar-refractivity contribution in [1.29, 1.82) is 0 Å². The molecule has 2 unspecified atom stereocenters. The minimum absolute atomic E-state index is 0.0941. The third kappa shape index (κ3) is 3.54. The summed E-state index contributed by atoms with van der Waals surface area (Å²) in [6.45, 7) is 4.34. The lowest BCUT2D eigenvalue weighted by atomic mass is 9.75. The summed E-state index contributed by atoms with van der Waals surface area (Å²) in [5, 5.41) is 3.14. The van der Waals surface area contributed by atoms with Crippen molar-refractivity contribution in [1.82, 2.24) is 20.7 Å². The summed E-state index contributed by atoms with van der Waals surface area (Å²) in [6, 6.07) is 9.97. The van der Waals surface area contributed by atoms with Crippen molar-refractivity contribution in [3.8, 4) is 0 Å². The summed E-state index contributed by atoms with van der Waals surface area (Å²) < 4.78 is 0. The monoisotopic (exact) mass is 385 g/mol. The first-order valence-corrected chi connectivity index (χ1v) is 10.4. The van der Waals surface area contributed by atoms with Crippen LogP contribution in [0.1, 0.15) is 32.6 Å². The molecule has 0 aliphatic carbocycles. The molecule has 0 aromatic heterocycles. The van der Waals surface area contributed by atoms with E-state index < -0.39 is 5.41 Å². The number of nitrogens with zero attached hydrogens (tertiary/aromatic N) is 2. The molecule has 4 atom stereocenters. The molecule has 3 aliphatic rings. The van der Waals surface area contributed by atoms with Crippen LogP contribution in [0.5, 0.6) is 0 Å². The number of hydrogen-bond acceptors (Lipinski definition) is 5. The van der Waals surface area contributed by atoms with Crippen LogP contribution in [-0.2, 0) is 9.59 Å². The van der Waals surface area contributed by atoms with E-state index in [4.69, 9.17) is 0 Å². The van der Waals surface area contributed by atoms with Crippen molar-refractivity contribution in [3.05, 3.63) is 30.3 Å². The molecule has 0 saturated carbocycles. The minimum Gasteiger partial charge on any atom is -0.341 e. The van der Waals surface area contributed by atoms with E-state index in [-0.39, 0.29) is 23.9 Å². The van der Waals surface area contributed by atoms with Gasteiger partial charge in [0.1, 0.15) is 6.04 Å². The molecule has 152 valence electrons. The average Bonchev–Trinajstić information content (AvgIpc) is 3.20. The largest absolute Gasteiger partial charge is 0.341 e. The fraction of sp³-hybridized carbons (Fsp3) is 0.619. The van der Waals surface area contributed by atoms with Crippen LogP contribution in [0.25, 0.3) is 0 Å². The maximum atomic E-state index is 13.4. The summed E-state index contributed by atoms with van der Waals surface area (Å²) >= 11 is 0. The maximum absolute atomic E-state index is 13.4. The van der Waals surface area contributed by atoms with Crippen LogP contribution in [-0.4, -0.2) is 66.4 Å². The van der Waals surface area contributed by atoms with Crippen LogP contribution < -0.4 is 16.2 Å². The van der Waals surface area contributed by atoms with Gasteiger partial charge in [0.15, 0.2) is 0 Å². The van der Waals surface area contributed by atoms with Gasteiger partial charge in [-0.2, -0.15) is 0 Å². The number of fused-ring (bicyclic) bond motifs is 1. The Morgan fingerprint density at radius 3 is 2.57 bits per heavy atom. The molecule has 3 fully saturated rings. The Morgan fingerprint density at radius 1 is 1.11 bits per heavy atom. The fourth-order valence-corrected chi connectivity index (χ4v) is 5.11. The van der Waals surface area contributed by atoms with Gasteiger partial charge in [-0.25, -0.2) is 5.43 Å². The van der Waals surface area contributed by atoms with Crippen LogP contribution in [0.4, 0.5) is 5.69 Å². The minimum atomic E-state index is -0.436. The molecule has 4 rings (SSSR count). The van der Waals surface area contributed by atoms with Crippen molar-refractivity contribution in [2.45, 2.75) is 50.7 Å². The number of carbonyl (C=O) groups excluding carboxylic acids is 2. The summed E-state index contributed by atoms with van der Waals surface area (Å²) in [5.41, 5.74) is 6.65. The molecular weight excluding hydrogens is 354 g/mol. The number of para-hydroxylation sites is 1. The summed E-state index contributed by atoms with van der Waals surface area (Å²) in [7, 11) is 2.10. The number of rotatable bonds is 3. The van der Waals surface area contributed by atoms with E-state index in [1.807, 2.05) is 35.2 Å². The van der Waals surface area contributed by atoms with Crippen LogP contribution >= 0.6 is 0 Å². The molecule has 1 aromatic carbocycles. The van der Waals surface area contributed by atoms with Crippen LogP contribution in [0.15, 0.2) is 30.3 Å². The van der Waals surface area contributed by atoms with Crippen molar-refractivity contribution < 1.29 is 9.59 Å². The molecular formula is C21H31N5O2. The van der Waals surface area contributed by atoms with E-state index in [2.05, 4.69) is 35.0 Å². The highest BCUT2D eigenvalue weighted by molar-refractivity contribution is 5.96. The SMILES string of the molecule is CC1CC(C(=O)N2CC[C@@H]3N(C)CC[C@]3(C(=O)Nc3ccccc3)CC2)NN1. The van der Waals surface area contributed by atoms with Gasteiger partial charge >= 0.3 is 0 Å². The average molecular weight is 386 g/mol. The number of amides is 2. The molecule has 28 heavy (non-hydrogen) atoms. The number of likely N-dealkylation sites (tertiary alicyclic amines) is 2. The lowest BCUT2D eigenvalue weighted by Gasteiger charge is -2.34. The number of nitrogens with one attached hydrogen (secondary N) is 3. The molecule has 3 N–H and O–H groups in total. The molecule has 0 bridgehead atoms. The van der Waals surface area contributed by atoms with Crippen molar-refractivity contribution in [3.63, 3.8) is 0 Å². The number of carbonyl (C=O) groups is 2. The number of hydrazine groups is 1. The second-order valence-electron chi connectivity index (χ2n) is 8.56. The van der Waals surface area contributed by atoms with E-state index in [0.29, 0.717) is 25.6 Å². The van der Waals surface area contributed by atoms with Gasteiger partial charge < -0.3 is 15.1 Å². The first kappa shape index (κ1) is 19.4. The van der Waals surface area contributed by atoms with Gasteiger partial charge in [0, 0.05) is 30.9 Å². The molecule has 3 heterocycles. The Morgan fingerprint density at radius 2 is 1.86 bits per heavy atom. The predicted molar refractivity (Wildman–Crippen MR) is 108 cm³/mol. The number of benzene rings is 1. The molecule has 1 aromatic rings. The standard InChI is InChI=1S/C21H31N5O2/c1-15-14-17(24-23-15)19(27)26-11-8-18-21(10-13-26,9-12-25(18)2)20(28)22-16-6-4-3-5-7-16/h3-7,15,17-18,23-24H,8-14H2,1-2H3,(H,22,28)/t15?,17?,18-,21-/m0/s1. The Kier molecular flexibility index (Phi) is 5.40. The van der Waals surface area contributed by atoms with E-state index in [1.165, 1.54) is 0 Å². The Labute approximate surface area is 166 Å². The molecule has 3 aliphatic heterocycles. The van der Waals surface area contributed by atoms with Crippen LogP contribution in [0.3, 0.4) is 0 Å². The second kappa shape index (κ2) is 7.81. The van der Waals surface area contributed by atoms with E-state index >= 15 is 0 Å². The lowest BCUT2D eigenvalue weighted by molar-refractivity contribution is -0.134. The maximum Gasteiger partial charge on any atom is 0.241 e. The van der Waals surface area contributed by atoms with E-state index in [9.17, 15) is 9.59 Å². The normalized spacial score (nSPS) is 33.4. The number of anilines is 1. The Bertz CT molecular complexity index is 727. The van der Waals surface area contributed by atoms with Gasteiger partial charge in [-0.3, -0.25) is 15.0 Å². The molecule has 7 heteroatoms. The van der Waals surface area contributed by atoms with Crippen molar-refractivity contribution in [2.24, 2.45) is 5.41 Å². The van der Waals surface area contributed by atoms with Crippen molar-refractivity contribution >= 4 is 17.5 Å². The van der Waals surface area contributed by atoms with Gasteiger partial charge in [-0.1, -0.05) is 18.2 Å². The lowest BCUT2D eigenvalue weighted by Crippen LogP contribution is -2.46. The van der Waals surface area contributed by atoms with Gasteiger partial charge in [0.2, 0.25) is 11.8 Å². The molecule has 0 spiro atoms. The van der Waals surface area contributed by atoms with E-state index in [1.54, 1.807) is 0 Å². The third-order valence-electron chi connectivity index (χ3n) is 6.77. The zero-order valence-electron chi connectivity index (χ0n) is 16.8. The van der Waals surface area contributed by atoms with Crippen LogP contribution in [0.2, 0.25) is 0 Å². The third-order valence-corrected chi connectivity index (χ3v) is 6.77. The van der Waals surface area contributed by atoms with E-state index in [0.717, 1.165) is 31.5 Å². The Hall–Kier alpha value is -1.96. The Balaban J connectivity index is 1.50. The van der Waals surface area contributed by atoms with Gasteiger partial charge in [0.05, 0.1) is 5.41 Å². The zero-order valence-corrected chi connectivity index (χ0v) is 16.8. The summed E-state index contributed by atoms with van der Waals surface area (Å²) in [5.74, 6) is 0.245. The summed E-state index contributed by atoms with van der Waals surface area (Å²) in [4.78, 5) is 30.6. The quantitative estimate of drug-likeness (QED) is 0.729. The molecule has 3 saturated heterocycles. The zero-order chi connectivity index (χ0) is 19.7. The summed E-state index contributed by atoms with van der Waals surface area (Å²) in [6.07, 6.45) is 3.19. The highest BCUT2D eigenvalue weighted by Gasteiger charge is 2.52. The smallest absolute Gasteiger partial charge is 0.241 e. The molecule has 0 radical (unpaired) electrons. The van der Waals surface area contributed by atoms with Crippen LogP contribution in [0, 0.1) is 5.41 Å². The van der Waals surface area contributed by atoms with Gasteiger partial charge in [-0.05, 0) is 58.3 Å². The second-order valence-corrected chi connectivity index (χ2v) is 8.56. The van der Waals surface area contributed by atoms with Gasteiger partial charge in [-0.15, -0.1) is 0 Å². The van der Waals surface area contributed by atoms with Crippen molar-refractivity contribution in [2.75, 3.05) is 32.0 Å². The number of hydrogen-bond donors (Lipinski definition) is 3. The predicted octanol–water partition coefficient (Wildman–Crippen LogP) is 1.19. The highest BCUT2D eigenvalue weighted by Crippen LogP contribution is 2.44. The first-order chi connectivity index (χ1) is 13.5. The molecule has 2 amide bonds.